The van der Waals surface area contributed by atoms with Crippen LogP contribution in [0.15, 0.2) is 57.8 Å². The molecule has 0 saturated carbocycles. The zero-order chi connectivity index (χ0) is 24.2. The average molecular weight is 496 g/mol. The van der Waals surface area contributed by atoms with Gasteiger partial charge in [0, 0.05) is 6.07 Å². The molecule has 9 heteroatoms. The molecule has 0 bridgehead atoms. The zero-order valence-corrected chi connectivity index (χ0v) is 21.0. The number of benzene rings is 2. The smallest absolute Gasteiger partial charge is 0.272 e. The van der Waals surface area contributed by atoms with E-state index in [1.54, 1.807) is 29.9 Å². The minimum absolute atomic E-state index is 0.0875. The van der Waals surface area contributed by atoms with Crippen molar-refractivity contribution in [2.24, 2.45) is 0 Å². The van der Waals surface area contributed by atoms with E-state index in [0.717, 1.165) is 11.1 Å². The van der Waals surface area contributed by atoms with Gasteiger partial charge in [-0.1, -0.05) is 30.0 Å². The fraction of sp³-hybridized carbons (Fsp3) is 0.240. The highest BCUT2D eigenvalue weighted by molar-refractivity contribution is 7.99. The molecule has 1 N–H and O–H groups in total. The average Bonchev–Trinajstić information content (AvgIpc) is 3.31. The van der Waals surface area contributed by atoms with E-state index in [1.807, 2.05) is 17.5 Å². The Morgan fingerprint density at radius 3 is 2.65 bits per heavy atom. The molecule has 0 radical (unpaired) electrons. The topological polar surface area (TPSA) is 82.5 Å². The first-order chi connectivity index (χ1) is 16.4. The molecule has 0 saturated heterocycles. The zero-order valence-electron chi connectivity index (χ0n) is 19.4. The molecular weight excluding hydrogens is 470 g/mol. The van der Waals surface area contributed by atoms with Gasteiger partial charge in [0.15, 0.2) is 5.16 Å². The van der Waals surface area contributed by atoms with E-state index < -0.39 is 0 Å². The van der Waals surface area contributed by atoms with Crippen LogP contribution < -0.4 is 20.3 Å². The van der Waals surface area contributed by atoms with E-state index >= 15 is 0 Å². The third kappa shape index (κ3) is 5.10. The summed E-state index contributed by atoms with van der Waals surface area (Å²) in [6.45, 7) is 4.50. The van der Waals surface area contributed by atoms with Gasteiger partial charge in [-0.15, -0.1) is 11.3 Å². The number of thioether (sulfide) groups is 1. The fourth-order valence-corrected chi connectivity index (χ4v) is 5.05. The van der Waals surface area contributed by atoms with Crippen molar-refractivity contribution in [1.82, 2.24) is 9.55 Å². The standard InChI is InChI=1S/C25H25N3O4S2/c1-15-5-6-17(11-16(15)2)13-28-24(30)23-20(9-10-33-23)27-25(28)34-14-22(29)26-19-8-7-18(31-3)12-21(19)32-4/h5-12H,13-14H2,1-4H3,(H,26,29). The number of anilines is 1. The number of amides is 1. The molecular formula is C25H25N3O4S2. The Balaban J connectivity index is 1.57. The number of carbonyl (C=O) groups excluding carboxylic acids is 1. The Labute approximate surface area is 205 Å². The Morgan fingerprint density at radius 1 is 1.09 bits per heavy atom. The quantitative estimate of drug-likeness (QED) is 0.277. The summed E-state index contributed by atoms with van der Waals surface area (Å²) in [5.74, 6) is 0.991. The second-order valence-corrected chi connectivity index (χ2v) is 9.60. The van der Waals surface area contributed by atoms with Gasteiger partial charge in [0.25, 0.3) is 5.56 Å². The summed E-state index contributed by atoms with van der Waals surface area (Å²) in [5, 5.41) is 5.22. The number of ether oxygens (including phenoxy) is 2. The minimum atomic E-state index is -0.231. The van der Waals surface area contributed by atoms with E-state index in [-0.39, 0.29) is 17.2 Å². The first-order valence-corrected chi connectivity index (χ1v) is 12.4. The van der Waals surface area contributed by atoms with E-state index in [9.17, 15) is 9.59 Å². The third-order valence-electron chi connectivity index (χ3n) is 5.46. The highest BCUT2D eigenvalue weighted by Crippen LogP contribution is 2.29. The summed E-state index contributed by atoms with van der Waals surface area (Å²) in [6.07, 6.45) is 0. The highest BCUT2D eigenvalue weighted by Gasteiger charge is 2.16. The Morgan fingerprint density at radius 2 is 1.91 bits per heavy atom. The number of nitrogens with zero attached hydrogens (tertiary/aromatic N) is 2. The molecule has 2 heterocycles. The molecule has 4 rings (SSSR count). The van der Waals surface area contributed by atoms with Crippen molar-refractivity contribution in [1.29, 1.82) is 0 Å². The number of fused-ring (bicyclic) bond motifs is 1. The summed E-state index contributed by atoms with van der Waals surface area (Å²) in [5.41, 5.74) is 4.46. The number of aromatic nitrogens is 2. The maximum absolute atomic E-state index is 13.2. The summed E-state index contributed by atoms with van der Waals surface area (Å²) < 4.78 is 12.8. The molecule has 34 heavy (non-hydrogen) atoms. The largest absolute Gasteiger partial charge is 0.497 e. The van der Waals surface area contributed by atoms with E-state index in [0.29, 0.717) is 39.1 Å². The number of hydrogen-bond donors (Lipinski definition) is 1. The van der Waals surface area contributed by atoms with E-state index in [1.165, 1.54) is 35.8 Å². The molecule has 176 valence electrons. The van der Waals surface area contributed by atoms with Crippen molar-refractivity contribution < 1.29 is 14.3 Å². The Kier molecular flexibility index (Phi) is 7.23. The lowest BCUT2D eigenvalue weighted by atomic mass is 10.1. The van der Waals surface area contributed by atoms with Crippen LogP contribution in [0.4, 0.5) is 5.69 Å². The first kappa shape index (κ1) is 23.8. The molecule has 4 aromatic rings. The summed E-state index contributed by atoms with van der Waals surface area (Å²) in [4.78, 5) is 30.6. The second-order valence-electron chi connectivity index (χ2n) is 7.74. The molecule has 0 aliphatic heterocycles. The summed E-state index contributed by atoms with van der Waals surface area (Å²) in [7, 11) is 3.10. The van der Waals surface area contributed by atoms with Gasteiger partial charge in [0.1, 0.15) is 16.2 Å². The highest BCUT2D eigenvalue weighted by atomic mass is 32.2. The van der Waals surface area contributed by atoms with Crippen molar-refractivity contribution in [2.75, 3.05) is 25.3 Å². The predicted octanol–water partition coefficient (Wildman–Crippen LogP) is 4.87. The molecule has 0 aliphatic rings. The van der Waals surface area contributed by atoms with Gasteiger partial charge in [-0.05, 0) is 54.1 Å². The van der Waals surface area contributed by atoms with Crippen molar-refractivity contribution in [3.8, 4) is 11.5 Å². The van der Waals surface area contributed by atoms with Crippen LogP contribution in [0.25, 0.3) is 10.2 Å². The van der Waals surface area contributed by atoms with Crippen LogP contribution in [-0.2, 0) is 11.3 Å². The lowest BCUT2D eigenvalue weighted by Gasteiger charge is -2.14. The van der Waals surface area contributed by atoms with Crippen molar-refractivity contribution in [2.45, 2.75) is 25.5 Å². The van der Waals surface area contributed by atoms with Gasteiger partial charge in [-0.2, -0.15) is 0 Å². The van der Waals surface area contributed by atoms with Crippen LogP contribution in [0.1, 0.15) is 16.7 Å². The number of methoxy groups -OCH3 is 2. The number of aryl methyl sites for hydroxylation is 2. The van der Waals surface area contributed by atoms with Gasteiger partial charge >= 0.3 is 0 Å². The van der Waals surface area contributed by atoms with Gasteiger partial charge in [-0.3, -0.25) is 14.2 Å². The maximum atomic E-state index is 13.2. The minimum Gasteiger partial charge on any atom is -0.497 e. The van der Waals surface area contributed by atoms with Crippen LogP contribution in [-0.4, -0.2) is 35.4 Å². The van der Waals surface area contributed by atoms with Crippen LogP contribution in [0, 0.1) is 13.8 Å². The van der Waals surface area contributed by atoms with E-state index in [2.05, 4.69) is 36.3 Å². The van der Waals surface area contributed by atoms with Gasteiger partial charge in [0.05, 0.1) is 37.7 Å². The molecule has 2 aromatic carbocycles. The number of thiophene rings is 1. The molecule has 7 nitrogen and oxygen atoms in total. The molecule has 0 aliphatic carbocycles. The lowest BCUT2D eigenvalue weighted by molar-refractivity contribution is -0.113. The van der Waals surface area contributed by atoms with Gasteiger partial charge < -0.3 is 14.8 Å². The maximum Gasteiger partial charge on any atom is 0.272 e. The summed E-state index contributed by atoms with van der Waals surface area (Å²) >= 11 is 2.61. The van der Waals surface area contributed by atoms with Crippen molar-refractivity contribution in [3.05, 3.63) is 74.9 Å². The Hall–Kier alpha value is -3.30. The lowest BCUT2D eigenvalue weighted by Crippen LogP contribution is -2.24. The van der Waals surface area contributed by atoms with Gasteiger partial charge in [0.2, 0.25) is 5.91 Å². The fourth-order valence-electron chi connectivity index (χ4n) is 3.48. The SMILES string of the molecule is COc1ccc(NC(=O)CSc2nc3ccsc3c(=O)n2Cc2ccc(C)c(C)c2)c(OC)c1. The molecule has 0 unspecified atom stereocenters. The summed E-state index contributed by atoms with van der Waals surface area (Å²) in [6, 6.07) is 13.2. The first-order valence-electron chi connectivity index (χ1n) is 10.6. The number of nitrogens with one attached hydrogen (secondary N) is 1. The Bertz CT molecular complexity index is 1410. The molecule has 0 fully saturated rings. The van der Waals surface area contributed by atoms with Crippen molar-refractivity contribution in [3.63, 3.8) is 0 Å². The van der Waals surface area contributed by atoms with Crippen LogP contribution in [0.2, 0.25) is 0 Å². The van der Waals surface area contributed by atoms with Crippen LogP contribution >= 0.6 is 23.1 Å². The third-order valence-corrected chi connectivity index (χ3v) is 7.33. The van der Waals surface area contributed by atoms with Crippen LogP contribution in [0.3, 0.4) is 0 Å². The van der Waals surface area contributed by atoms with Crippen LogP contribution in [0.5, 0.6) is 11.5 Å². The van der Waals surface area contributed by atoms with Crippen molar-refractivity contribution >= 4 is 44.9 Å². The molecule has 0 atom stereocenters. The molecule has 1 amide bonds. The second kappa shape index (κ2) is 10.3. The number of hydrogen-bond acceptors (Lipinski definition) is 7. The van der Waals surface area contributed by atoms with Gasteiger partial charge in [-0.25, -0.2) is 4.98 Å². The molecule has 0 spiro atoms. The number of rotatable bonds is 8. The predicted molar refractivity (Wildman–Crippen MR) is 138 cm³/mol. The monoisotopic (exact) mass is 495 g/mol. The molecule has 2 aromatic heterocycles. The van der Waals surface area contributed by atoms with E-state index in [4.69, 9.17) is 9.47 Å². The normalized spacial score (nSPS) is 10.9. The number of carbonyl (C=O) groups is 1.